The topological polar surface area (TPSA) is 57.8 Å². The number of carbonyl (C=O) groups excluding carboxylic acids is 1. The molecule has 1 aliphatic heterocycles. The molecule has 1 aliphatic rings. The number of aromatic nitrogens is 2. The van der Waals surface area contributed by atoms with E-state index >= 15 is 0 Å². The van der Waals surface area contributed by atoms with Crippen LogP contribution in [0.2, 0.25) is 0 Å². The first-order valence-corrected chi connectivity index (χ1v) is 8.36. The van der Waals surface area contributed by atoms with E-state index in [1.807, 2.05) is 12.1 Å². The summed E-state index contributed by atoms with van der Waals surface area (Å²) in [6.07, 6.45) is 2.39. The number of fused-ring (bicyclic) bond motifs is 2. The Kier molecular flexibility index (Phi) is 3.53. The Bertz CT molecular complexity index is 892. The molecule has 0 unspecified atom stereocenters. The lowest BCUT2D eigenvalue weighted by Gasteiger charge is -2.26. The van der Waals surface area contributed by atoms with E-state index in [9.17, 15) is 9.18 Å². The molecule has 23 heavy (non-hydrogen) atoms. The van der Waals surface area contributed by atoms with E-state index in [2.05, 4.69) is 15.3 Å². The van der Waals surface area contributed by atoms with Crippen LogP contribution in [0, 0.1) is 5.82 Å². The van der Waals surface area contributed by atoms with Crippen LogP contribution in [-0.2, 0) is 0 Å². The van der Waals surface area contributed by atoms with Crippen LogP contribution in [0.4, 0.5) is 4.39 Å². The van der Waals surface area contributed by atoms with Gasteiger partial charge in [0.15, 0.2) is 0 Å². The molecule has 3 aromatic rings. The van der Waals surface area contributed by atoms with Crippen molar-refractivity contribution >= 4 is 28.7 Å². The molecule has 4 rings (SSSR count). The van der Waals surface area contributed by atoms with E-state index < -0.39 is 0 Å². The zero-order valence-corrected chi connectivity index (χ0v) is 13.0. The molecule has 6 heteroatoms. The minimum atomic E-state index is -0.217. The third kappa shape index (κ3) is 2.59. The lowest BCUT2D eigenvalue weighted by Crippen LogP contribution is -2.30. The molecule has 1 atom stereocenters. The minimum Gasteiger partial charge on any atom is -0.345 e. The second kappa shape index (κ2) is 5.70. The smallest absolute Gasteiger partial charge is 0.251 e. The lowest BCUT2D eigenvalue weighted by molar-refractivity contribution is 0.0935. The Labute approximate surface area is 136 Å². The number of nitrogens with one attached hydrogen (secondary N) is 2. The first kappa shape index (κ1) is 14.3. The van der Waals surface area contributed by atoms with Gasteiger partial charge in [0.25, 0.3) is 5.91 Å². The highest BCUT2D eigenvalue weighted by atomic mass is 32.2. The highest BCUT2D eigenvalue weighted by Crippen LogP contribution is 2.37. The summed E-state index contributed by atoms with van der Waals surface area (Å²) in [6, 6.07) is 10.2. The molecule has 0 spiro atoms. The Balaban J connectivity index is 1.61. The van der Waals surface area contributed by atoms with E-state index in [-0.39, 0.29) is 17.8 Å². The number of thioether (sulfide) groups is 1. The molecular formula is C17H14FN3OS. The number of carbonyl (C=O) groups is 1. The SMILES string of the molecule is O=C(N[C@H]1CCSc2c(F)cccc21)c1ccc2nc[nH]c2c1. The monoisotopic (exact) mass is 327 g/mol. The molecule has 1 amide bonds. The second-order valence-corrected chi connectivity index (χ2v) is 6.56. The number of benzene rings is 2. The summed E-state index contributed by atoms with van der Waals surface area (Å²) >= 11 is 1.51. The maximum Gasteiger partial charge on any atom is 0.251 e. The van der Waals surface area contributed by atoms with Crippen LogP contribution in [0.1, 0.15) is 28.4 Å². The zero-order chi connectivity index (χ0) is 15.8. The molecule has 2 aromatic carbocycles. The summed E-state index contributed by atoms with van der Waals surface area (Å²) in [4.78, 5) is 20.3. The van der Waals surface area contributed by atoms with Crippen molar-refractivity contribution in [2.24, 2.45) is 0 Å². The van der Waals surface area contributed by atoms with E-state index in [1.165, 1.54) is 17.8 Å². The van der Waals surface area contributed by atoms with Gasteiger partial charge in [-0.25, -0.2) is 9.37 Å². The number of hydrogen-bond acceptors (Lipinski definition) is 3. The normalized spacial score (nSPS) is 17.0. The molecule has 0 fully saturated rings. The number of rotatable bonds is 2. The molecule has 2 N–H and O–H groups in total. The van der Waals surface area contributed by atoms with Gasteiger partial charge in [0.1, 0.15) is 5.82 Å². The van der Waals surface area contributed by atoms with E-state index in [4.69, 9.17) is 0 Å². The van der Waals surface area contributed by atoms with Crippen LogP contribution in [0.5, 0.6) is 0 Å². The first-order chi connectivity index (χ1) is 11.2. The Morgan fingerprint density at radius 3 is 3.17 bits per heavy atom. The summed E-state index contributed by atoms with van der Waals surface area (Å²) in [5.74, 6) is 0.414. The summed E-state index contributed by atoms with van der Waals surface area (Å²) in [7, 11) is 0. The molecular weight excluding hydrogens is 313 g/mol. The summed E-state index contributed by atoms with van der Waals surface area (Å²) < 4.78 is 13.9. The van der Waals surface area contributed by atoms with Crippen molar-refractivity contribution in [2.75, 3.05) is 5.75 Å². The van der Waals surface area contributed by atoms with Gasteiger partial charge in [0.05, 0.1) is 23.4 Å². The van der Waals surface area contributed by atoms with Crippen molar-refractivity contribution in [3.63, 3.8) is 0 Å². The Morgan fingerprint density at radius 2 is 2.26 bits per heavy atom. The molecule has 0 radical (unpaired) electrons. The van der Waals surface area contributed by atoms with Crippen LogP contribution < -0.4 is 5.32 Å². The molecule has 116 valence electrons. The number of halogens is 1. The fraction of sp³-hybridized carbons (Fsp3) is 0.176. The number of imidazole rings is 1. The number of hydrogen-bond donors (Lipinski definition) is 2. The predicted molar refractivity (Wildman–Crippen MR) is 88.0 cm³/mol. The quantitative estimate of drug-likeness (QED) is 0.755. The fourth-order valence-corrected chi connectivity index (χ4v) is 4.00. The van der Waals surface area contributed by atoms with Crippen molar-refractivity contribution in [1.82, 2.24) is 15.3 Å². The van der Waals surface area contributed by atoms with Gasteiger partial charge in [-0.1, -0.05) is 12.1 Å². The average Bonchev–Trinajstić information content (AvgIpc) is 3.03. The molecule has 4 nitrogen and oxygen atoms in total. The number of aromatic amines is 1. The Hall–Kier alpha value is -2.34. The van der Waals surface area contributed by atoms with Gasteiger partial charge in [0.2, 0.25) is 0 Å². The minimum absolute atomic E-state index is 0.159. The maximum absolute atomic E-state index is 13.9. The molecule has 2 heterocycles. The maximum atomic E-state index is 13.9. The lowest BCUT2D eigenvalue weighted by atomic mass is 10.0. The van der Waals surface area contributed by atoms with Gasteiger partial charge in [-0.3, -0.25) is 4.79 Å². The van der Waals surface area contributed by atoms with Crippen LogP contribution in [-0.4, -0.2) is 21.6 Å². The summed E-state index contributed by atoms with van der Waals surface area (Å²) in [5, 5.41) is 3.02. The van der Waals surface area contributed by atoms with E-state index in [0.29, 0.717) is 10.5 Å². The van der Waals surface area contributed by atoms with Gasteiger partial charge in [-0.2, -0.15) is 0 Å². The van der Waals surface area contributed by atoms with Crippen molar-refractivity contribution in [3.05, 3.63) is 59.7 Å². The second-order valence-electron chi connectivity index (χ2n) is 5.46. The number of nitrogens with zero attached hydrogens (tertiary/aromatic N) is 1. The molecule has 0 saturated carbocycles. The predicted octanol–water partition coefficient (Wildman–Crippen LogP) is 3.67. The van der Waals surface area contributed by atoms with Gasteiger partial charge in [-0.05, 0) is 36.2 Å². The number of amides is 1. The van der Waals surface area contributed by atoms with Crippen molar-refractivity contribution < 1.29 is 9.18 Å². The standard InChI is InChI=1S/C17H14FN3OS/c18-12-3-1-2-11-13(6-7-23-16(11)12)21-17(22)10-4-5-14-15(8-10)20-9-19-14/h1-5,8-9,13H,6-7H2,(H,19,20)(H,21,22)/t13-/m0/s1. The van der Waals surface area contributed by atoms with Gasteiger partial charge >= 0.3 is 0 Å². The number of H-pyrrole nitrogens is 1. The van der Waals surface area contributed by atoms with E-state index in [0.717, 1.165) is 28.8 Å². The zero-order valence-electron chi connectivity index (χ0n) is 12.2. The summed E-state index contributed by atoms with van der Waals surface area (Å²) in [6.45, 7) is 0. The summed E-state index contributed by atoms with van der Waals surface area (Å²) in [5.41, 5.74) is 3.07. The van der Waals surface area contributed by atoms with Gasteiger partial charge < -0.3 is 10.3 Å². The van der Waals surface area contributed by atoms with Crippen molar-refractivity contribution in [3.8, 4) is 0 Å². The molecule has 0 bridgehead atoms. The largest absolute Gasteiger partial charge is 0.345 e. The average molecular weight is 327 g/mol. The third-order valence-corrected chi connectivity index (χ3v) is 5.17. The van der Waals surface area contributed by atoms with Crippen LogP contribution >= 0.6 is 11.8 Å². The van der Waals surface area contributed by atoms with Crippen LogP contribution in [0.15, 0.2) is 47.6 Å². The van der Waals surface area contributed by atoms with Crippen LogP contribution in [0.25, 0.3) is 11.0 Å². The molecule has 0 aliphatic carbocycles. The highest BCUT2D eigenvalue weighted by Gasteiger charge is 2.24. The first-order valence-electron chi connectivity index (χ1n) is 7.37. The molecule has 0 saturated heterocycles. The van der Waals surface area contributed by atoms with Gasteiger partial charge in [-0.15, -0.1) is 11.8 Å². The fourth-order valence-electron chi connectivity index (χ4n) is 2.85. The van der Waals surface area contributed by atoms with Crippen molar-refractivity contribution in [1.29, 1.82) is 0 Å². The van der Waals surface area contributed by atoms with Gasteiger partial charge in [0, 0.05) is 16.2 Å². The van der Waals surface area contributed by atoms with E-state index in [1.54, 1.807) is 24.5 Å². The van der Waals surface area contributed by atoms with Crippen LogP contribution in [0.3, 0.4) is 0 Å². The third-order valence-electron chi connectivity index (χ3n) is 4.01. The van der Waals surface area contributed by atoms with Crippen molar-refractivity contribution in [2.45, 2.75) is 17.4 Å². The molecule has 1 aromatic heterocycles. The Morgan fingerprint density at radius 1 is 1.35 bits per heavy atom. The highest BCUT2D eigenvalue weighted by molar-refractivity contribution is 7.99.